The van der Waals surface area contributed by atoms with Crippen LogP contribution in [-0.4, -0.2) is 23.0 Å². The van der Waals surface area contributed by atoms with Crippen LogP contribution in [0.5, 0.6) is 5.75 Å². The van der Waals surface area contributed by atoms with Crippen molar-refractivity contribution >= 4 is 0 Å². The monoisotopic (exact) mass is 370 g/mol. The molecule has 0 saturated heterocycles. The van der Waals surface area contributed by atoms with Crippen molar-refractivity contribution in [3.63, 3.8) is 0 Å². The maximum atomic E-state index is 10.8. The van der Waals surface area contributed by atoms with Gasteiger partial charge in [0.2, 0.25) is 0 Å². The van der Waals surface area contributed by atoms with Crippen molar-refractivity contribution < 1.29 is 9.84 Å². The van der Waals surface area contributed by atoms with Gasteiger partial charge in [0.05, 0.1) is 6.54 Å². The molecule has 0 radical (unpaired) electrons. The predicted octanol–water partition coefficient (Wildman–Crippen LogP) is 5.61. The Labute approximate surface area is 163 Å². The third-order valence-electron chi connectivity index (χ3n) is 6.76. The van der Waals surface area contributed by atoms with Gasteiger partial charge in [-0.1, -0.05) is 18.2 Å². The van der Waals surface area contributed by atoms with Gasteiger partial charge in [0, 0.05) is 6.42 Å². The highest BCUT2D eigenvalue weighted by Crippen LogP contribution is 2.60. The number of ether oxygens (including phenoxy) is 1. The molecule has 1 unspecified atom stereocenters. The molecule has 0 heterocycles. The van der Waals surface area contributed by atoms with Gasteiger partial charge < -0.3 is 9.84 Å². The zero-order valence-electron chi connectivity index (χ0n) is 17.0. The number of rotatable bonds is 7. The number of aliphatic hydroxyl groups is 1. The largest absolute Gasteiger partial charge is 0.488 e. The number of hydrogen-bond acceptors (Lipinski definition) is 4. The molecule has 1 aromatic rings. The van der Waals surface area contributed by atoms with Crippen molar-refractivity contribution in [1.29, 1.82) is 0 Å². The molecule has 4 fully saturated rings. The van der Waals surface area contributed by atoms with Crippen molar-refractivity contribution in [2.24, 2.45) is 33.4 Å². The minimum absolute atomic E-state index is 0.365. The third kappa shape index (κ3) is 4.53. The van der Waals surface area contributed by atoms with Crippen LogP contribution in [0.15, 0.2) is 40.6 Å². The van der Waals surface area contributed by atoms with Crippen LogP contribution in [0.2, 0.25) is 0 Å². The molecule has 0 aromatic heterocycles. The number of para-hydroxylation sites is 1. The van der Waals surface area contributed by atoms with Crippen LogP contribution < -0.4 is 4.74 Å². The summed E-state index contributed by atoms with van der Waals surface area (Å²) in [6.45, 7) is 6.51. The molecule has 0 spiro atoms. The van der Waals surface area contributed by atoms with Crippen LogP contribution in [-0.2, 0) is 0 Å². The molecule has 1 aromatic carbocycles. The van der Waals surface area contributed by atoms with Gasteiger partial charge >= 0.3 is 0 Å². The molecular weight excluding hydrogens is 336 g/mol. The average molecular weight is 371 g/mol. The van der Waals surface area contributed by atoms with E-state index in [-0.39, 0.29) is 0 Å². The van der Waals surface area contributed by atoms with Crippen molar-refractivity contribution in [2.45, 2.75) is 77.0 Å². The number of hydrogen-bond donors (Lipinski definition) is 1. The second-order valence-corrected chi connectivity index (χ2v) is 10.4. The Morgan fingerprint density at radius 3 is 2.11 bits per heavy atom. The van der Waals surface area contributed by atoms with E-state index in [4.69, 9.17) is 4.74 Å². The van der Waals surface area contributed by atoms with E-state index in [0.29, 0.717) is 11.8 Å². The summed E-state index contributed by atoms with van der Waals surface area (Å²) in [6.07, 6.45) is 8.70. The molecule has 4 heteroatoms. The van der Waals surface area contributed by atoms with Crippen molar-refractivity contribution in [3.05, 3.63) is 30.3 Å². The molecule has 148 valence electrons. The lowest BCUT2D eigenvalue weighted by Crippen LogP contribution is -2.47. The van der Waals surface area contributed by atoms with Crippen LogP contribution in [0.1, 0.15) is 65.7 Å². The quantitative estimate of drug-likeness (QED) is 0.634. The minimum atomic E-state index is -1.21. The maximum absolute atomic E-state index is 10.8. The van der Waals surface area contributed by atoms with E-state index in [2.05, 4.69) is 10.2 Å². The van der Waals surface area contributed by atoms with E-state index in [0.717, 1.165) is 30.0 Å². The first-order chi connectivity index (χ1) is 12.7. The smallest absolute Gasteiger partial charge is 0.177 e. The fraction of sp³-hybridized carbons (Fsp3) is 0.739. The number of nitrogens with zero attached hydrogens (tertiary/aromatic N) is 2. The van der Waals surface area contributed by atoms with E-state index < -0.39 is 11.3 Å². The van der Waals surface area contributed by atoms with Crippen LogP contribution >= 0.6 is 0 Å². The summed E-state index contributed by atoms with van der Waals surface area (Å²) in [6, 6.07) is 9.74. The van der Waals surface area contributed by atoms with Gasteiger partial charge in [-0.25, -0.2) is 0 Å². The zero-order chi connectivity index (χ0) is 19.1. The Balaban J connectivity index is 1.35. The van der Waals surface area contributed by atoms with Gasteiger partial charge in [0.1, 0.15) is 11.4 Å². The molecule has 0 amide bonds. The Kier molecular flexibility index (Phi) is 4.82. The molecule has 4 bridgehead atoms. The molecule has 0 aliphatic heterocycles. The first-order valence-corrected chi connectivity index (χ1v) is 10.6. The molecular formula is C23H34N2O2. The van der Waals surface area contributed by atoms with Crippen LogP contribution in [0.3, 0.4) is 0 Å². The fourth-order valence-corrected chi connectivity index (χ4v) is 6.51. The van der Waals surface area contributed by atoms with Gasteiger partial charge in [-0.05, 0) is 94.6 Å². The van der Waals surface area contributed by atoms with Crippen LogP contribution in [0, 0.1) is 23.2 Å². The summed E-state index contributed by atoms with van der Waals surface area (Å²) in [7, 11) is 0. The second-order valence-electron chi connectivity index (χ2n) is 10.4. The van der Waals surface area contributed by atoms with Crippen LogP contribution in [0.25, 0.3) is 0 Å². The molecule has 5 rings (SSSR count). The lowest BCUT2D eigenvalue weighted by Gasteiger charge is -2.56. The topological polar surface area (TPSA) is 54.2 Å². The Bertz CT molecular complexity index is 646. The second kappa shape index (κ2) is 6.88. The first kappa shape index (κ1) is 18.9. The molecule has 4 saturated carbocycles. The predicted molar refractivity (Wildman–Crippen MR) is 107 cm³/mol. The highest BCUT2D eigenvalue weighted by atomic mass is 16.5. The molecule has 4 nitrogen and oxygen atoms in total. The van der Waals surface area contributed by atoms with E-state index in [9.17, 15) is 5.11 Å². The molecule has 1 atom stereocenters. The lowest BCUT2D eigenvalue weighted by molar-refractivity contribution is -0.0505. The van der Waals surface area contributed by atoms with Crippen molar-refractivity contribution in [2.75, 3.05) is 6.54 Å². The van der Waals surface area contributed by atoms with Gasteiger partial charge in [-0.15, -0.1) is 0 Å². The normalized spacial score (nSPS) is 34.7. The van der Waals surface area contributed by atoms with E-state index >= 15 is 0 Å². The van der Waals surface area contributed by atoms with Crippen LogP contribution in [0.4, 0.5) is 0 Å². The molecule has 1 N–H and O–H groups in total. The number of azo groups is 1. The molecule has 27 heavy (non-hydrogen) atoms. The average Bonchev–Trinajstić information content (AvgIpc) is 2.52. The third-order valence-corrected chi connectivity index (χ3v) is 6.76. The van der Waals surface area contributed by atoms with Gasteiger partial charge in [-0.3, -0.25) is 0 Å². The Hall–Kier alpha value is -1.42. The fourth-order valence-electron chi connectivity index (χ4n) is 6.51. The SMILES string of the molecule is CC(O)(CC(C)(C)Oc1ccccc1)N=NCC12CC3CC(CC(C3)C1)C2. The molecule has 4 aliphatic rings. The Morgan fingerprint density at radius 1 is 1.00 bits per heavy atom. The lowest BCUT2D eigenvalue weighted by atomic mass is 9.49. The van der Waals surface area contributed by atoms with Gasteiger partial charge in [0.25, 0.3) is 0 Å². The highest BCUT2D eigenvalue weighted by molar-refractivity contribution is 5.21. The van der Waals surface area contributed by atoms with E-state index in [1.54, 1.807) is 6.92 Å². The summed E-state index contributed by atoms with van der Waals surface area (Å²) in [4.78, 5) is 0. The van der Waals surface area contributed by atoms with E-state index in [1.807, 2.05) is 44.2 Å². The van der Waals surface area contributed by atoms with Gasteiger partial charge in [0.15, 0.2) is 5.72 Å². The zero-order valence-corrected chi connectivity index (χ0v) is 17.0. The van der Waals surface area contributed by atoms with Crippen molar-refractivity contribution in [3.8, 4) is 5.75 Å². The molecule has 4 aliphatic carbocycles. The first-order valence-electron chi connectivity index (χ1n) is 10.6. The minimum Gasteiger partial charge on any atom is -0.488 e. The summed E-state index contributed by atoms with van der Waals surface area (Å²) in [5.41, 5.74) is -1.37. The maximum Gasteiger partial charge on any atom is 0.177 e. The van der Waals surface area contributed by atoms with Crippen molar-refractivity contribution in [1.82, 2.24) is 0 Å². The number of benzene rings is 1. The van der Waals surface area contributed by atoms with E-state index in [1.165, 1.54) is 38.5 Å². The summed E-state index contributed by atoms with van der Waals surface area (Å²) in [5.74, 6) is 3.57. The highest BCUT2D eigenvalue weighted by Gasteiger charge is 2.50. The summed E-state index contributed by atoms with van der Waals surface area (Å²) < 4.78 is 6.06. The Morgan fingerprint density at radius 2 is 1.56 bits per heavy atom. The van der Waals surface area contributed by atoms with Gasteiger partial charge in [-0.2, -0.15) is 10.2 Å². The summed E-state index contributed by atoms with van der Waals surface area (Å²) >= 11 is 0. The summed E-state index contributed by atoms with van der Waals surface area (Å²) in [5, 5.41) is 19.7. The standard InChI is InChI=1S/C23H34N2O2/c1-21(2,27-20-7-5-4-6-8-20)15-22(3,26)25-24-16-23-12-17-9-18(13-23)11-19(10-17)14-23/h4-8,17-19,26H,9-16H2,1-3H3.